The first-order valence-corrected chi connectivity index (χ1v) is 7.04. The van der Waals surface area contributed by atoms with Crippen LogP contribution >= 0.6 is 0 Å². The summed E-state index contributed by atoms with van der Waals surface area (Å²) >= 11 is 0. The maximum Gasteiger partial charge on any atom is 0.289 e. The van der Waals surface area contributed by atoms with Gasteiger partial charge in [-0.25, -0.2) is 0 Å². The summed E-state index contributed by atoms with van der Waals surface area (Å²) in [6.07, 6.45) is 3.66. The molecule has 1 aliphatic heterocycles. The molecule has 21 heavy (non-hydrogen) atoms. The van der Waals surface area contributed by atoms with Crippen LogP contribution in [0.5, 0.6) is 0 Å². The lowest BCUT2D eigenvalue weighted by atomic mass is 9.95. The monoisotopic (exact) mass is 287 g/mol. The van der Waals surface area contributed by atoms with Crippen molar-refractivity contribution < 1.29 is 9.21 Å². The number of aromatic nitrogens is 2. The lowest BCUT2D eigenvalue weighted by Crippen LogP contribution is -2.39. The lowest BCUT2D eigenvalue weighted by Gasteiger charge is -2.31. The molecule has 1 atom stereocenters. The molecule has 0 bridgehead atoms. The van der Waals surface area contributed by atoms with Crippen molar-refractivity contribution in [2.75, 3.05) is 13.1 Å². The number of hydrogen-bond acceptors (Lipinski definition) is 4. The summed E-state index contributed by atoms with van der Waals surface area (Å²) in [5, 5.41) is 6.92. The zero-order valence-corrected chi connectivity index (χ0v) is 11.8. The number of aryl methyl sites for hydroxylation is 1. The van der Waals surface area contributed by atoms with Crippen molar-refractivity contribution in [3.05, 3.63) is 51.8 Å². The summed E-state index contributed by atoms with van der Waals surface area (Å²) in [6.45, 7) is 2.96. The third-order valence-corrected chi connectivity index (χ3v) is 3.77. The fourth-order valence-corrected chi connectivity index (χ4v) is 2.77. The molecular formula is C15H17N3O3. The van der Waals surface area contributed by atoms with Gasteiger partial charge in [0.25, 0.3) is 5.91 Å². The fourth-order valence-electron chi connectivity index (χ4n) is 2.77. The number of H-pyrrole nitrogens is 1. The van der Waals surface area contributed by atoms with Crippen molar-refractivity contribution in [1.29, 1.82) is 0 Å². The zero-order chi connectivity index (χ0) is 14.8. The molecule has 3 rings (SSSR count). The van der Waals surface area contributed by atoms with Gasteiger partial charge in [0.15, 0.2) is 11.2 Å². The van der Waals surface area contributed by atoms with Crippen LogP contribution in [0.25, 0.3) is 0 Å². The molecule has 0 unspecified atom stereocenters. The van der Waals surface area contributed by atoms with Crippen LogP contribution in [0.1, 0.15) is 40.8 Å². The second-order valence-electron chi connectivity index (χ2n) is 5.37. The smallest absolute Gasteiger partial charge is 0.289 e. The van der Waals surface area contributed by atoms with Crippen LogP contribution < -0.4 is 5.43 Å². The Balaban J connectivity index is 1.79. The summed E-state index contributed by atoms with van der Waals surface area (Å²) in [5.41, 5.74) is 0.836. The molecule has 1 fully saturated rings. The van der Waals surface area contributed by atoms with Gasteiger partial charge in [-0.2, -0.15) is 5.10 Å². The van der Waals surface area contributed by atoms with Gasteiger partial charge < -0.3 is 9.32 Å². The topological polar surface area (TPSA) is 79.2 Å². The Morgan fingerprint density at radius 3 is 3.05 bits per heavy atom. The van der Waals surface area contributed by atoms with E-state index in [4.69, 9.17) is 4.42 Å². The minimum Gasteiger partial charge on any atom is -0.456 e. The molecule has 110 valence electrons. The van der Waals surface area contributed by atoms with Crippen molar-refractivity contribution in [1.82, 2.24) is 15.1 Å². The third kappa shape index (κ3) is 2.89. The summed E-state index contributed by atoms with van der Waals surface area (Å²) < 4.78 is 5.39. The van der Waals surface area contributed by atoms with E-state index >= 15 is 0 Å². The van der Waals surface area contributed by atoms with Crippen molar-refractivity contribution in [2.45, 2.75) is 25.7 Å². The number of likely N-dealkylation sites (tertiary alicyclic amines) is 1. The van der Waals surface area contributed by atoms with E-state index in [0.29, 0.717) is 18.8 Å². The van der Waals surface area contributed by atoms with E-state index in [1.807, 2.05) is 6.07 Å². The van der Waals surface area contributed by atoms with Crippen molar-refractivity contribution in [3.8, 4) is 0 Å². The van der Waals surface area contributed by atoms with E-state index < -0.39 is 0 Å². The summed E-state index contributed by atoms with van der Waals surface area (Å²) in [6, 6.07) is 4.57. The number of amides is 1. The highest BCUT2D eigenvalue weighted by Crippen LogP contribution is 2.26. The molecule has 2 aromatic rings. The van der Waals surface area contributed by atoms with Gasteiger partial charge in [-0.15, -0.1) is 0 Å². The van der Waals surface area contributed by atoms with Crippen LogP contribution in [0.3, 0.4) is 0 Å². The van der Waals surface area contributed by atoms with E-state index in [2.05, 4.69) is 10.2 Å². The molecule has 0 saturated carbocycles. The maximum atomic E-state index is 12.5. The largest absolute Gasteiger partial charge is 0.456 e. The van der Waals surface area contributed by atoms with Crippen molar-refractivity contribution in [2.24, 2.45) is 0 Å². The Labute approximate surface area is 121 Å². The molecule has 1 N–H and O–H groups in total. The molecule has 3 heterocycles. The number of carbonyl (C=O) groups excluding carboxylic acids is 1. The van der Waals surface area contributed by atoms with Gasteiger partial charge in [0.2, 0.25) is 0 Å². The van der Waals surface area contributed by atoms with Crippen molar-refractivity contribution in [3.63, 3.8) is 0 Å². The normalized spacial score (nSPS) is 18.7. The number of nitrogens with zero attached hydrogens (tertiary/aromatic N) is 2. The van der Waals surface area contributed by atoms with E-state index in [-0.39, 0.29) is 23.0 Å². The van der Waals surface area contributed by atoms with Crippen LogP contribution in [0, 0.1) is 6.92 Å². The summed E-state index contributed by atoms with van der Waals surface area (Å²) in [5.74, 6) is 0.597. The maximum absolute atomic E-state index is 12.5. The van der Waals surface area contributed by atoms with Crippen LogP contribution in [0.2, 0.25) is 0 Å². The van der Waals surface area contributed by atoms with Gasteiger partial charge in [-0.1, -0.05) is 0 Å². The zero-order valence-electron chi connectivity index (χ0n) is 11.8. The van der Waals surface area contributed by atoms with Gasteiger partial charge in [0, 0.05) is 43.0 Å². The minimum absolute atomic E-state index is 0.116. The van der Waals surface area contributed by atoms with Gasteiger partial charge >= 0.3 is 0 Å². The number of carbonyl (C=O) groups is 1. The molecule has 0 radical (unpaired) electrons. The average molecular weight is 287 g/mol. The van der Waals surface area contributed by atoms with Gasteiger partial charge in [0.1, 0.15) is 5.76 Å². The molecule has 0 aliphatic carbocycles. The number of rotatable bonds is 2. The second-order valence-corrected chi connectivity index (χ2v) is 5.37. The molecular weight excluding hydrogens is 270 g/mol. The van der Waals surface area contributed by atoms with E-state index in [1.165, 1.54) is 12.1 Å². The molecule has 6 heteroatoms. The molecule has 0 spiro atoms. The average Bonchev–Trinajstić information content (AvgIpc) is 3.00. The van der Waals surface area contributed by atoms with Gasteiger partial charge in [0.05, 0.1) is 0 Å². The number of hydrogen-bond donors (Lipinski definition) is 1. The molecule has 1 saturated heterocycles. The standard InChI is InChI=1S/C15H17N3O3/c1-10-7-12(19)8-14(21-10)15(20)18-6-2-3-11(9-18)13-4-5-16-17-13/h4-5,7-8,11H,2-3,6,9H2,1H3,(H,16,17)/t11-/m1/s1. The predicted molar refractivity (Wildman–Crippen MR) is 76.2 cm³/mol. The Kier molecular flexibility index (Phi) is 3.60. The highest BCUT2D eigenvalue weighted by atomic mass is 16.3. The van der Waals surface area contributed by atoms with Crippen LogP contribution in [-0.2, 0) is 0 Å². The fraction of sp³-hybridized carbons (Fsp3) is 0.400. The first kappa shape index (κ1) is 13.6. The molecule has 1 amide bonds. The van der Waals surface area contributed by atoms with Crippen LogP contribution in [0.15, 0.2) is 33.6 Å². The Hall–Kier alpha value is -2.37. The molecule has 2 aromatic heterocycles. The lowest BCUT2D eigenvalue weighted by molar-refractivity contribution is 0.0669. The van der Waals surface area contributed by atoms with Crippen LogP contribution in [0.4, 0.5) is 0 Å². The Morgan fingerprint density at radius 1 is 1.48 bits per heavy atom. The second kappa shape index (κ2) is 5.55. The summed E-state index contributed by atoms with van der Waals surface area (Å²) in [4.78, 5) is 25.7. The summed E-state index contributed by atoms with van der Waals surface area (Å²) in [7, 11) is 0. The first-order valence-electron chi connectivity index (χ1n) is 7.04. The highest BCUT2D eigenvalue weighted by Gasteiger charge is 2.27. The van der Waals surface area contributed by atoms with Crippen molar-refractivity contribution >= 4 is 5.91 Å². The Bertz CT molecular complexity index is 690. The number of aromatic amines is 1. The van der Waals surface area contributed by atoms with Gasteiger partial charge in [-0.05, 0) is 25.8 Å². The van der Waals surface area contributed by atoms with E-state index in [9.17, 15) is 9.59 Å². The number of piperidine rings is 1. The quantitative estimate of drug-likeness (QED) is 0.911. The van der Waals surface area contributed by atoms with Gasteiger partial charge in [-0.3, -0.25) is 14.7 Å². The Morgan fingerprint density at radius 2 is 2.33 bits per heavy atom. The highest BCUT2D eigenvalue weighted by molar-refractivity contribution is 5.91. The number of nitrogens with one attached hydrogen (secondary N) is 1. The van der Waals surface area contributed by atoms with Crippen LogP contribution in [-0.4, -0.2) is 34.1 Å². The molecule has 6 nitrogen and oxygen atoms in total. The molecule has 1 aliphatic rings. The third-order valence-electron chi connectivity index (χ3n) is 3.77. The first-order chi connectivity index (χ1) is 10.1. The SMILES string of the molecule is Cc1cc(=O)cc(C(=O)N2CCC[C@@H](c3ccn[nH]3)C2)o1. The van der Waals surface area contributed by atoms with E-state index in [1.54, 1.807) is 18.0 Å². The predicted octanol–water partition coefficient (Wildman–Crippen LogP) is 1.69. The van der Waals surface area contributed by atoms with E-state index in [0.717, 1.165) is 18.5 Å². The minimum atomic E-state index is -0.222. The molecule has 0 aromatic carbocycles.